The molecule has 9 nitrogen and oxygen atoms in total. The van der Waals surface area contributed by atoms with Gasteiger partial charge < -0.3 is 20.5 Å². The summed E-state index contributed by atoms with van der Waals surface area (Å²) in [6.07, 6.45) is 3.07. The summed E-state index contributed by atoms with van der Waals surface area (Å²) in [5, 5.41) is 20.5. The Kier molecular flexibility index (Phi) is 6.34. The summed E-state index contributed by atoms with van der Waals surface area (Å²) in [4.78, 5) is 17.7. The van der Waals surface area contributed by atoms with E-state index in [-0.39, 0.29) is 62.7 Å². The average molecular weight is 552 g/mol. The number of aromatic nitrogens is 3. The van der Waals surface area contributed by atoms with E-state index in [0.29, 0.717) is 30.0 Å². The molecule has 3 atom stereocenters. The molecule has 0 radical (unpaired) electrons. The largest absolute Gasteiger partial charge is 0.392 e. The lowest BCUT2D eigenvalue weighted by atomic mass is 9.94. The van der Waals surface area contributed by atoms with Crippen molar-refractivity contribution in [3.63, 3.8) is 0 Å². The number of pyridine rings is 1. The fourth-order valence-corrected chi connectivity index (χ4v) is 6.94. The number of benzene rings is 1. The number of hydrogen-bond acceptors (Lipinski definition) is 10. The number of nitrogen functional groups attached to an aromatic ring is 1. The van der Waals surface area contributed by atoms with E-state index in [0.717, 1.165) is 29.5 Å². The Morgan fingerprint density at radius 2 is 2.08 bits per heavy atom. The second kappa shape index (κ2) is 9.60. The first kappa shape index (κ1) is 25.8. The molecule has 1 saturated heterocycles. The molecule has 0 spiro atoms. The molecule has 0 aliphatic carbocycles. The van der Waals surface area contributed by atoms with Gasteiger partial charge in [0.2, 0.25) is 5.95 Å². The number of thiophene rings is 1. The molecule has 3 aromatic heterocycles. The molecule has 39 heavy (non-hydrogen) atoms. The zero-order valence-electron chi connectivity index (χ0n) is 21.7. The fourth-order valence-electron chi connectivity index (χ4n) is 6.02. The van der Waals surface area contributed by atoms with E-state index in [1.54, 1.807) is 13.1 Å². The van der Waals surface area contributed by atoms with E-state index < -0.39 is 17.7 Å². The van der Waals surface area contributed by atoms with E-state index >= 15 is 4.39 Å². The molecule has 0 saturated carbocycles. The summed E-state index contributed by atoms with van der Waals surface area (Å²) < 4.78 is 37.1. The maximum atomic E-state index is 16.5. The van der Waals surface area contributed by atoms with Crippen LogP contribution in [-0.4, -0.2) is 63.3 Å². The first-order valence-corrected chi connectivity index (χ1v) is 13.5. The van der Waals surface area contributed by atoms with E-state index in [9.17, 15) is 14.8 Å². The number of hydrogen-bond donors (Lipinski definition) is 2. The highest BCUT2D eigenvalue weighted by atomic mass is 32.1. The number of nitrogens with two attached hydrogens (primary N) is 1. The molecule has 0 unspecified atom stereocenters. The molecule has 1 aromatic carbocycles. The van der Waals surface area contributed by atoms with Crippen molar-refractivity contribution in [3.8, 4) is 17.3 Å². The molecule has 0 amide bonds. The number of halogens is 2. The van der Waals surface area contributed by atoms with Gasteiger partial charge in [0, 0.05) is 47.7 Å². The second-order valence-corrected chi connectivity index (χ2v) is 11.3. The van der Waals surface area contributed by atoms with Gasteiger partial charge in [0.1, 0.15) is 16.6 Å². The zero-order valence-corrected chi connectivity index (χ0v) is 22.5. The first-order valence-electron chi connectivity index (χ1n) is 12.7. The monoisotopic (exact) mass is 551 g/mol. The first-order chi connectivity index (χ1) is 18.7. The number of anilines is 2. The number of nitriles is 1. The van der Waals surface area contributed by atoms with E-state index in [2.05, 4.69) is 21.8 Å². The minimum atomic E-state index is -0.624. The van der Waals surface area contributed by atoms with Crippen LogP contribution in [-0.2, 0) is 18.0 Å². The number of ether oxygens (including phenoxy) is 1. The molecule has 12 heteroatoms. The standard InChI is InChI=1S/C27H27F2N7O2S/c1-12(37)9-35(3)19-4-5-36(13(19)2)27-33-7-15-16-10-38-11-17(16)20(22(29)23(15)34-27)24-21-14(6-30)26(31)39-25(21)18(28)8-32-24/h7-8,12-13,19,37H,4-5,9-11,31H2,1-3H3/t12-,13+,19+/m1/s1. The highest BCUT2D eigenvalue weighted by Crippen LogP contribution is 2.45. The van der Waals surface area contributed by atoms with Gasteiger partial charge in [0.25, 0.3) is 0 Å². The number of fused-ring (bicyclic) bond motifs is 4. The van der Waals surface area contributed by atoms with Gasteiger partial charge in [0.05, 0.1) is 41.5 Å². The third-order valence-corrected chi connectivity index (χ3v) is 8.85. The highest BCUT2D eigenvalue weighted by molar-refractivity contribution is 7.23. The van der Waals surface area contributed by atoms with Gasteiger partial charge in [-0.05, 0) is 38.4 Å². The maximum absolute atomic E-state index is 16.5. The molecular formula is C27H27F2N7O2S. The van der Waals surface area contributed by atoms with Crippen molar-refractivity contribution in [2.45, 2.75) is 51.7 Å². The third-order valence-electron chi connectivity index (χ3n) is 7.82. The minimum Gasteiger partial charge on any atom is -0.392 e. The van der Waals surface area contributed by atoms with Crippen LogP contribution >= 0.6 is 11.3 Å². The second-order valence-electron chi connectivity index (χ2n) is 10.3. The lowest BCUT2D eigenvalue weighted by Gasteiger charge is -2.31. The van der Waals surface area contributed by atoms with Crippen LogP contribution in [0.2, 0.25) is 0 Å². The molecule has 5 heterocycles. The molecular weight excluding hydrogens is 524 g/mol. The minimum absolute atomic E-state index is 0.0388. The van der Waals surface area contributed by atoms with Crippen LogP contribution < -0.4 is 10.6 Å². The van der Waals surface area contributed by atoms with Gasteiger partial charge in [-0.25, -0.2) is 18.7 Å². The number of nitrogens with zero attached hydrogens (tertiary/aromatic N) is 6. The Morgan fingerprint density at radius 3 is 2.82 bits per heavy atom. The van der Waals surface area contributed by atoms with Crippen LogP contribution in [0, 0.1) is 23.0 Å². The van der Waals surface area contributed by atoms with Crippen molar-refractivity contribution in [3.05, 3.63) is 40.7 Å². The molecule has 6 rings (SSSR count). The van der Waals surface area contributed by atoms with Crippen molar-refractivity contribution in [1.82, 2.24) is 19.9 Å². The van der Waals surface area contributed by atoms with Gasteiger partial charge in [-0.1, -0.05) is 0 Å². The fraction of sp³-hybridized carbons (Fsp3) is 0.407. The predicted octanol–water partition coefficient (Wildman–Crippen LogP) is 3.95. The van der Waals surface area contributed by atoms with Crippen LogP contribution in [0.3, 0.4) is 0 Å². The van der Waals surface area contributed by atoms with Gasteiger partial charge in [-0.15, -0.1) is 11.3 Å². The summed E-state index contributed by atoms with van der Waals surface area (Å²) in [5.74, 6) is -0.841. The molecule has 0 bridgehead atoms. The maximum Gasteiger partial charge on any atom is 0.226 e. The highest BCUT2D eigenvalue weighted by Gasteiger charge is 2.36. The van der Waals surface area contributed by atoms with Crippen molar-refractivity contribution in [2.24, 2.45) is 0 Å². The van der Waals surface area contributed by atoms with Crippen molar-refractivity contribution >= 4 is 43.3 Å². The summed E-state index contributed by atoms with van der Waals surface area (Å²) in [6, 6.07) is 2.25. The molecule has 3 N–H and O–H groups in total. The van der Waals surface area contributed by atoms with E-state index in [4.69, 9.17) is 15.5 Å². The Balaban J connectivity index is 1.52. The Hall–Kier alpha value is -3.50. The summed E-state index contributed by atoms with van der Waals surface area (Å²) in [7, 11) is 1.98. The van der Waals surface area contributed by atoms with Crippen LogP contribution in [0.1, 0.15) is 37.0 Å². The van der Waals surface area contributed by atoms with Crippen molar-refractivity contribution in [1.29, 1.82) is 5.26 Å². The lowest BCUT2D eigenvalue weighted by Crippen LogP contribution is -2.44. The smallest absolute Gasteiger partial charge is 0.226 e. The molecule has 1 fully saturated rings. The number of likely N-dealkylation sites (N-methyl/N-ethyl adjacent to an activating group) is 1. The summed E-state index contributed by atoms with van der Waals surface area (Å²) in [6.45, 7) is 5.45. The number of rotatable bonds is 5. The van der Waals surface area contributed by atoms with Crippen molar-refractivity contribution < 1.29 is 18.6 Å². The van der Waals surface area contributed by atoms with Gasteiger partial charge in [-0.3, -0.25) is 9.88 Å². The summed E-state index contributed by atoms with van der Waals surface area (Å²) in [5.41, 5.74) is 7.83. The van der Waals surface area contributed by atoms with Crippen LogP contribution in [0.5, 0.6) is 0 Å². The molecule has 2 aliphatic heterocycles. The van der Waals surface area contributed by atoms with Gasteiger partial charge in [-0.2, -0.15) is 5.26 Å². The van der Waals surface area contributed by atoms with Crippen LogP contribution in [0.15, 0.2) is 12.4 Å². The number of aliphatic hydroxyl groups is 1. The van der Waals surface area contributed by atoms with E-state index in [1.165, 1.54) is 0 Å². The van der Waals surface area contributed by atoms with Gasteiger partial charge in [0.15, 0.2) is 11.6 Å². The van der Waals surface area contributed by atoms with Crippen LogP contribution in [0.4, 0.5) is 19.7 Å². The number of aliphatic hydroxyl groups excluding tert-OH is 1. The topological polar surface area (TPSA) is 124 Å². The Bertz CT molecular complexity index is 1670. The average Bonchev–Trinajstić information content (AvgIpc) is 3.62. The van der Waals surface area contributed by atoms with Crippen LogP contribution in [0.25, 0.3) is 32.2 Å². The Morgan fingerprint density at radius 1 is 1.31 bits per heavy atom. The predicted molar refractivity (Wildman–Crippen MR) is 145 cm³/mol. The Labute approximate surface area is 227 Å². The van der Waals surface area contributed by atoms with Crippen molar-refractivity contribution in [2.75, 3.05) is 30.8 Å². The molecule has 4 aromatic rings. The quantitative estimate of drug-likeness (QED) is 0.379. The van der Waals surface area contributed by atoms with E-state index in [1.807, 2.05) is 18.0 Å². The molecule has 202 valence electrons. The third kappa shape index (κ3) is 4.00. The summed E-state index contributed by atoms with van der Waals surface area (Å²) >= 11 is 0.942. The lowest BCUT2D eigenvalue weighted by molar-refractivity contribution is 0.115. The zero-order chi connectivity index (χ0) is 27.6. The normalized spacial score (nSPS) is 19.8. The SMILES string of the molecule is C[C@@H](O)CN(C)[C@H]1CCN(c2ncc3c4c(c(-c5ncc(F)c6sc(N)c(C#N)c56)c(F)c3n2)COC4)[C@H]1C. The van der Waals surface area contributed by atoms with Gasteiger partial charge >= 0.3 is 0 Å². The molecule has 2 aliphatic rings.